The molecule has 3 nitrogen and oxygen atoms in total. The molecule has 0 spiro atoms. The molecule has 0 radical (unpaired) electrons. The van der Waals surface area contributed by atoms with Crippen LogP contribution in [0.1, 0.15) is 29.8 Å². The third-order valence-electron chi connectivity index (χ3n) is 3.71. The maximum Gasteiger partial charge on any atom is 0.0958 e. The van der Waals surface area contributed by atoms with E-state index in [0.29, 0.717) is 12.6 Å². The number of nitrogens with two attached hydrogens (primary N) is 1. The molecule has 1 aliphatic rings. The summed E-state index contributed by atoms with van der Waals surface area (Å²) in [5.74, 6) is 0. The summed E-state index contributed by atoms with van der Waals surface area (Å²) in [5, 5.41) is 3.31. The SMILES string of the molecule is NCc1ccc(-c2csc(CC3CCCCO3)n2)cc1. The van der Waals surface area contributed by atoms with Crippen LogP contribution in [0.3, 0.4) is 0 Å². The van der Waals surface area contributed by atoms with E-state index in [-0.39, 0.29) is 0 Å². The molecule has 106 valence electrons. The van der Waals surface area contributed by atoms with Gasteiger partial charge in [0.15, 0.2) is 0 Å². The first kappa shape index (κ1) is 13.7. The lowest BCUT2D eigenvalue weighted by Gasteiger charge is -2.21. The predicted molar refractivity (Wildman–Crippen MR) is 82.7 cm³/mol. The van der Waals surface area contributed by atoms with Crippen molar-refractivity contribution in [2.45, 2.75) is 38.3 Å². The van der Waals surface area contributed by atoms with E-state index in [0.717, 1.165) is 29.8 Å². The lowest BCUT2D eigenvalue weighted by Crippen LogP contribution is -2.21. The number of nitrogens with zero attached hydrogens (tertiary/aromatic N) is 1. The molecule has 20 heavy (non-hydrogen) atoms. The minimum absolute atomic E-state index is 0.363. The highest BCUT2D eigenvalue weighted by atomic mass is 32.1. The number of benzene rings is 1. The van der Waals surface area contributed by atoms with Gasteiger partial charge in [0.1, 0.15) is 0 Å². The summed E-state index contributed by atoms with van der Waals surface area (Å²) < 4.78 is 5.78. The number of hydrogen-bond acceptors (Lipinski definition) is 4. The largest absolute Gasteiger partial charge is 0.378 e. The van der Waals surface area contributed by atoms with Gasteiger partial charge in [-0.2, -0.15) is 0 Å². The predicted octanol–water partition coefficient (Wildman–Crippen LogP) is 3.38. The topological polar surface area (TPSA) is 48.1 Å². The maximum atomic E-state index is 5.78. The number of ether oxygens (including phenoxy) is 1. The van der Waals surface area contributed by atoms with E-state index in [1.54, 1.807) is 11.3 Å². The van der Waals surface area contributed by atoms with Crippen LogP contribution in [0.4, 0.5) is 0 Å². The molecule has 2 heterocycles. The fraction of sp³-hybridized carbons (Fsp3) is 0.438. The molecule has 1 aromatic carbocycles. The van der Waals surface area contributed by atoms with Crippen LogP contribution in [-0.4, -0.2) is 17.7 Å². The summed E-state index contributed by atoms with van der Waals surface area (Å²) in [4.78, 5) is 4.74. The smallest absolute Gasteiger partial charge is 0.0958 e. The van der Waals surface area contributed by atoms with E-state index in [1.165, 1.54) is 24.3 Å². The molecule has 0 bridgehead atoms. The van der Waals surface area contributed by atoms with Gasteiger partial charge in [-0.15, -0.1) is 11.3 Å². The van der Waals surface area contributed by atoms with Gasteiger partial charge in [0, 0.05) is 30.5 Å². The first-order valence-electron chi connectivity index (χ1n) is 7.20. The summed E-state index contributed by atoms with van der Waals surface area (Å²) in [5.41, 5.74) is 8.99. The van der Waals surface area contributed by atoms with Crippen molar-refractivity contribution in [2.75, 3.05) is 6.61 Å². The Bertz CT molecular complexity index is 544. The average molecular weight is 288 g/mol. The highest BCUT2D eigenvalue weighted by Gasteiger charge is 2.16. The van der Waals surface area contributed by atoms with Gasteiger partial charge in [-0.1, -0.05) is 24.3 Å². The van der Waals surface area contributed by atoms with Gasteiger partial charge >= 0.3 is 0 Å². The zero-order chi connectivity index (χ0) is 13.8. The molecule has 1 fully saturated rings. The highest BCUT2D eigenvalue weighted by Crippen LogP contribution is 2.25. The molecule has 1 aliphatic heterocycles. The van der Waals surface area contributed by atoms with Gasteiger partial charge in [-0.3, -0.25) is 0 Å². The second kappa shape index (κ2) is 6.48. The molecule has 3 rings (SSSR count). The highest BCUT2D eigenvalue weighted by molar-refractivity contribution is 7.09. The van der Waals surface area contributed by atoms with Crippen LogP contribution in [-0.2, 0) is 17.7 Å². The van der Waals surface area contributed by atoms with Crippen molar-refractivity contribution in [3.05, 3.63) is 40.2 Å². The van der Waals surface area contributed by atoms with Crippen molar-refractivity contribution in [1.29, 1.82) is 0 Å². The van der Waals surface area contributed by atoms with Crippen molar-refractivity contribution in [3.63, 3.8) is 0 Å². The summed E-state index contributed by atoms with van der Waals surface area (Å²) >= 11 is 1.73. The molecule has 0 saturated carbocycles. The molecule has 1 aromatic heterocycles. The second-order valence-electron chi connectivity index (χ2n) is 5.22. The van der Waals surface area contributed by atoms with Crippen molar-refractivity contribution < 1.29 is 4.74 Å². The summed E-state index contributed by atoms with van der Waals surface area (Å²) in [7, 11) is 0. The van der Waals surface area contributed by atoms with Crippen LogP contribution < -0.4 is 5.73 Å². The van der Waals surface area contributed by atoms with Gasteiger partial charge in [0.25, 0.3) is 0 Å². The monoisotopic (exact) mass is 288 g/mol. The van der Waals surface area contributed by atoms with Crippen LogP contribution in [0.15, 0.2) is 29.6 Å². The van der Waals surface area contributed by atoms with Crippen LogP contribution in [0, 0.1) is 0 Å². The Morgan fingerprint density at radius 2 is 2.10 bits per heavy atom. The number of hydrogen-bond donors (Lipinski definition) is 1. The number of thiazole rings is 1. The van der Waals surface area contributed by atoms with Crippen molar-refractivity contribution in [2.24, 2.45) is 5.73 Å². The van der Waals surface area contributed by atoms with E-state index in [1.807, 2.05) is 0 Å². The van der Waals surface area contributed by atoms with Crippen molar-refractivity contribution in [1.82, 2.24) is 4.98 Å². The Balaban J connectivity index is 1.68. The Kier molecular flexibility index (Phi) is 4.45. The fourth-order valence-corrected chi connectivity index (χ4v) is 3.38. The normalized spacial score (nSPS) is 19.1. The van der Waals surface area contributed by atoms with E-state index >= 15 is 0 Å². The van der Waals surface area contributed by atoms with E-state index in [4.69, 9.17) is 15.5 Å². The quantitative estimate of drug-likeness (QED) is 0.938. The molecule has 1 atom stereocenters. The third-order valence-corrected chi connectivity index (χ3v) is 4.58. The first-order chi connectivity index (χ1) is 9.85. The molecule has 2 aromatic rings. The van der Waals surface area contributed by atoms with Gasteiger partial charge in [0.05, 0.1) is 16.8 Å². The van der Waals surface area contributed by atoms with Gasteiger partial charge in [-0.05, 0) is 24.8 Å². The molecule has 4 heteroatoms. The summed E-state index contributed by atoms with van der Waals surface area (Å²) in [6.07, 6.45) is 4.96. The molecule has 1 saturated heterocycles. The van der Waals surface area contributed by atoms with Crippen LogP contribution in [0.25, 0.3) is 11.3 Å². The Hall–Kier alpha value is -1.23. The standard InChI is InChI=1S/C16H20N2OS/c17-10-12-4-6-13(7-5-12)15-11-20-16(18-15)9-14-3-1-2-8-19-14/h4-7,11,14H,1-3,8-10,17H2. The zero-order valence-electron chi connectivity index (χ0n) is 11.5. The molecular formula is C16H20N2OS. The van der Waals surface area contributed by atoms with Gasteiger partial charge in [0.2, 0.25) is 0 Å². The molecule has 1 unspecified atom stereocenters. The third kappa shape index (κ3) is 3.26. The zero-order valence-corrected chi connectivity index (χ0v) is 12.4. The minimum atomic E-state index is 0.363. The lowest BCUT2D eigenvalue weighted by molar-refractivity contribution is 0.0168. The van der Waals surface area contributed by atoms with Crippen LogP contribution in [0.5, 0.6) is 0 Å². The molecule has 2 N–H and O–H groups in total. The minimum Gasteiger partial charge on any atom is -0.378 e. The molecule has 0 aliphatic carbocycles. The number of rotatable bonds is 4. The molecular weight excluding hydrogens is 268 g/mol. The van der Waals surface area contributed by atoms with E-state index in [9.17, 15) is 0 Å². The van der Waals surface area contributed by atoms with Crippen molar-refractivity contribution in [3.8, 4) is 11.3 Å². The average Bonchev–Trinajstić information content (AvgIpc) is 2.97. The van der Waals surface area contributed by atoms with Crippen molar-refractivity contribution >= 4 is 11.3 Å². The van der Waals surface area contributed by atoms with Gasteiger partial charge < -0.3 is 10.5 Å². The second-order valence-corrected chi connectivity index (χ2v) is 6.16. The Morgan fingerprint density at radius 1 is 1.25 bits per heavy atom. The first-order valence-corrected chi connectivity index (χ1v) is 8.08. The Morgan fingerprint density at radius 3 is 2.80 bits per heavy atom. The van der Waals surface area contributed by atoms with Crippen LogP contribution in [0.2, 0.25) is 0 Å². The lowest BCUT2D eigenvalue weighted by atomic mass is 10.1. The summed E-state index contributed by atoms with van der Waals surface area (Å²) in [6, 6.07) is 8.33. The number of aromatic nitrogens is 1. The summed E-state index contributed by atoms with van der Waals surface area (Å²) in [6.45, 7) is 1.49. The maximum absolute atomic E-state index is 5.78. The Labute approximate surface area is 123 Å². The molecule has 0 amide bonds. The van der Waals surface area contributed by atoms with Crippen LogP contribution >= 0.6 is 11.3 Å². The van der Waals surface area contributed by atoms with E-state index in [2.05, 4.69) is 29.6 Å². The fourth-order valence-electron chi connectivity index (χ4n) is 2.51. The van der Waals surface area contributed by atoms with E-state index < -0.39 is 0 Å². The van der Waals surface area contributed by atoms with Gasteiger partial charge in [-0.25, -0.2) is 4.98 Å².